The molecule has 1 fully saturated rings. The van der Waals surface area contributed by atoms with Gasteiger partial charge < -0.3 is 9.80 Å². The fourth-order valence-corrected chi connectivity index (χ4v) is 3.17. The zero-order chi connectivity index (χ0) is 18.8. The molecule has 2 amide bonds. The van der Waals surface area contributed by atoms with Crippen molar-refractivity contribution in [2.24, 2.45) is 0 Å². The molecule has 0 bridgehead atoms. The van der Waals surface area contributed by atoms with Crippen LogP contribution in [-0.4, -0.2) is 47.8 Å². The lowest BCUT2D eigenvalue weighted by molar-refractivity contribution is 0.0532. The van der Waals surface area contributed by atoms with Crippen LogP contribution in [0.1, 0.15) is 20.7 Å². The Bertz CT molecular complexity index is 846. The van der Waals surface area contributed by atoms with E-state index in [4.69, 9.17) is 23.2 Å². The molecule has 0 spiro atoms. The van der Waals surface area contributed by atoms with Crippen molar-refractivity contribution in [3.63, 3.8) is 0 Å². The van der Waals surface area contributed by atoms with E-state index in [1.807, 2.05) is 0 Å². The van der Waals surface area contributed by atoms with Crippen LogP contribution in [0.3, 0.4) is 0 Å². The number of carbonyl (C=O) groups excluding carboxylic acids is 2. The van der Waals surface area contributed by atoms with E-state index >= 15 is 0 Å². The summed E-state index contributed by atoms with van der Waals surface area (Å²) in [5, 5.41) is 0.465. The molecular weight excluding hydrogens is 385 g/mol. The van der Waals surface area contributed by atoms with Gasteiger partial charge in [-0.2, -0.15) is 0 Å². The van der Waals surface area contributed by atoms with E-state index in [1.54, 1.807) is 23.1 Å². The molecule has 0 radical (unpaired) electrons. The summed E-state index contributed by atoms with van der Waals surface area (Å²) in [6.07, 6.45) is 0. The van der Waals surface area contributed by atoms with Crippen LogP contribution >= 0.6 is 23.2 Å². The van der Waals surface area contributed by atoms with Crippen LogP contribution in [-0.2, 0) is 0 Å². The Morgan fingerprint density at radius 2 is 1.42 bits per heavy atom. The van der Waals surface area contributed by atoms with Gasteiger partial charge in [0.25, 0.3) is 11.8 Å². The Hall–Kier alpha value is -2.18. The highest BCUT2D eigenvalue weighted by atomic mass is 35.5. The summed E-state index contributed by atoms with van der Waals surface area (Å²) in [5.74, 6) is -2.35. The zero-order valence-electron chi connectivity index (χ0n) is 13.5. The number of benzene rings is 2. The molecule has 8 heteroatoms. The molecule has 2 aromatic rings. The Morgan fingerprint density at radius 3 is 2.04 bits per heavy atom. The normalized spacial score (nSPS) is 14.5. The third-order valence-corrected chi connectivity index (χ3v) is 5.01. The highest BCUT2D eigenvalue weighted by Gasteiger charge is 2.28. The van der Waals surface area contributed by atoms with E-state index in [0.717, 1.165) is 18.2 Å². The monoisotopic (exact) mass is 398 g/mol. The summed E-state index contributed by atoms with van der Waals surface area (Å²) in [6, 6.07) is 7.55. The number of nitrogens with zero attached hydrogens (tertiary/aromatic N) is 2. The van der Waals surface area contributed by atoms with E-state index in [1.165, 1.54) is 4.90 Å². The third kappa shape index (κ3) is 3.66. The average Bonchev–Trinajstić information content (AvgIpc) is 2.65. The van der Waals surface area contributed by atoms with E-state index < -0.39 is 17.5 Å². The molecule has 0 saturated carbocycles. The summed E-state index contributed by atoms with van der Waals surface area (Å²) >= 11 is 12.0. The fraction of sp³-hybridized carbons (Fsp3) is 0.222. The van der Waals surface area contributed by atoms with Gasteiger partial charge in [0.1, 0.15) is 11.6 Å². The van der Waals surface area contributed by atoms with Crippen LogP contribution in [0.25, 0.3) is 0 Å². The van der Waals surface area contributed by atoms with Gasteiger partial charge in [0.15, 0.2) is 0 Å². The van der Waals surface area contributed by atoms with E-state index in [-0.39, 0.29) is 53.3 Å². The lowest BCUT2D eigenvalue weighted by atomic mass is 10.1. The molecule has 4 nitrogen and oxygen atoms in total. The quantitative estimate of drug-likeness (QED) is 0.770. The largest absolute Gasteiger partial charge is 0.335 e. The maximum Gasteiger partial charge on any atom is 0.257 e. The van der Waals surface area contributed by atoms with Crippen molar-refractivity contribution < 1.29 is 18.4 Å². The summed E-state index contributed by atoms with van der Waals surface area (Å²) in [6.45, 7) is 0.923. The van der Waals surface area contributed by atoms with Crippen LogP contribution in [0, 0.1) is 11.6 Å². The van der Waals surface area contributed by atoms with Gasteiger partial charge in [-0.15, -0.1) is 0 Å². The van der Waals surface area contributed by atoms with Gasteiger partial charge in [-0.1, -0.05) is 29.3 Å². The highest BCUT2D eigenvalue weighted by molar-refractivity contribution is 6.43. The zero-order valence-corrected chi connectivity index (χ0v) is 15.0. The maximum atomic E-state index is 13.8. The molecule has 1 aliphatic heterocycles. The molecule has 0 aliphatic carbocycles. The predicted molar refractivity (Wildman–Crippen MR) is 94.6 cm³/mol. The predicted octanol–water partition coefficient (Wildman–Crippen LogP) is 3.87. The lowest BCUT2D eigenvalue weighted by Crippen LogP contribution is -2.50. The van der Waals surface area contributed by atoms with Gasteiger partial charge >= 0.3 is 0 Å². The number of amides is 2. The molecule has 2 aromatic carbocycles. The van der Waals surface area contributed by atoms with Gasteiger partial charge in [0.2, 0.25) is 0 Å². The molecule has 1 saturated heterocycles. The minimum atomic E-state index is -0.777. The van der Waals surface area contributed by atoms with Crippen molar-refractivity contribution in [2.45, 2.75) is 0 Å². The summed E-state index contributed by atoms with van der Waals surface area (Å²) in [5.41, 5.74) is -0.0298. The smallest absolute Gasteiger partial charge is 0.257 e. The Labute approximate surface area is 158 Å². The summed E-state index contributed by atoms with van der Waals surface area (Å²) < 4.78 is 27.1. The molecule has 0 unspecified atom stereocenters. The topological polar surface area (TPSA) is 40.6 Å². The number of carbonyl (C=O) groups is 2. The second-order valence-electron chi connectivity index (χ2n) is 5.81. The first kappa shape index (κ1) is 18.6. The Morgan fingerprint density at radius 1 is 0.846 bits per heavy atom. The standard InChI is InChI=1S/C18H14Cl2F2N2O2/c19-14-3-1-2-12(16(14)20)17(25)23-6-8-24(9-7-23)18(26)13-10-11(21)4-5-15(13)22/h1-5,10H,6-9H2. The minimum Gasteiger partial charge on any atom is -0.335 e. The first-order valence-corrected chi connectivity index (χ1v) is 8.61. The molecule has 1 aliphatic rings. The van der Waals surface area contributed by atoms with Crippen LogP contribution in [0.15, 0.2) is 36.4 Å². The molecular formula is C18H14Cl2F2N2O2. The van der Waals surface area contributed by atoms with Crippen molar-refractivity contribution >= 4 is 35.0 Å². The number of hydrogen-bond donors (Lipinski definition) is 0. The van der Waals surface area contributed by atoms with E-state index in [9.17, 15) is 18.4 Å². The first-order chi connectivity index (χ1) is 12.4. The number of rotatable bonds is 2. The van der Waals surface area contributed by atoms with E-state index in [0.29, 0.717) is 0 Å². The summed E-state index contributed by atoms with van der Waals surface area (Å²) in [7, 11) is 0. The molecule has 0 atom stereocenters. The van der Waals surface area contributed by atoms with E-state index in [2.05, 4.69) is 0 Å². The Kier molecular flexibility index (Phi) is 5.44. The fourth-order valence-electron chi connectivity index (χ4n) is 2.78. The maximum absolute atomic E-state index is 13.8. The molecule has 26 heavy (non-hydrogen) atoms. The average molecular weight is 399 g/mol. The van der Waals surface area contributed by atoms with Gasteiger partial charge in [-0.25, -0.2) is 8.78 Å². The van der Waals surface area contributed by atoms with Gasteiger partial charge in [0, 0.05) is 26.2 Å². The SMILES string of the molecule is O=C(c1cc(F)ccc1F)N1CCN(C(=O)c2cccc(Cl)c2Cl)CC1. The minimum absolute atomic E-state index is 0.180. The highest BCUT2D eigenvalue weighted by Crippen LogP contribution is 2.27. The molecule has 136 valence electrons. The molecule has 3 rings (SSSR count). The lowest BCUT2D eigenvalue weighted by Gasteiger charge is -2.35. The molecule has 0 aromatic heterocycles. The van der Waals surface area contributed by atoms with Gasteiger partial charge in [-0.3, -0.25) is 9.59 Å². The van der Waals surface area contributed by atoms with Crippen LogP contribution in [0.2, 0.25) is 10.0 Å². The third-order valence-electron chi connectivity index (χ3n) is 4.19. The van der Waals surface area contributed by atoms with Crippen LogP contribution in [0.5, 0.6) is 0 Å². The van der Waals surface area contributed by atoms with Crippen molar-refractivity contribution in [3.8, 4) is 0 Å². The number of piperazine rings is 1. The Balaban J connectivity index is 1.69. The van der Waals surface area contributed by atoms with Crippen LogP contribution in [0.4, 0.5) is 8.78 Å². The van der Waals surface area contributed by atoms with Crippen molar-refractivity contribution in [1.29, 1.82) is 0 Å². The molecule has 1 heterocycles. The number of hydrogen-bond acceptors (Lipinski definition) is 2. The molecule has 0 N–H and O–H groups in total. The summed E-state index contributed by atoms with van der Waals surface area (Å²) in [4.78, 5) is 27.9. The second-order valence-corrected chi connectivity index (χ2v) is 6.60. The van der Waals surface area contributed by atoms with Crippen LogP contribution < -0.4 is 0 Å². The second kappa shape index (κ2) is 7.60. The van der Waals surface area contributed by atoms with Gasteiger partial charge in [0.05, 0.1) is 21.2 Å². The van der Waals surface area contributed by atoms with Crippen molar-refractivity contribution in [1.82, 2.24) is 9.80 Å². The van der Waals surface area contributed by atoms with Crippen molar-refractivity contribution in [2.75, 3.05) is 26.2 Å². The number of halogens is 4. The van der Waals surface area contributed by atoms with Gasteiger partial charge in [-0.05, 0) is 30.3 Å². The first-order valence-electron chi connectivity index (χ1n) is 7.86. The van der Waals surface area contributed by atoms with Crippen molar-refractivity contribution in [3.05, 3.63) is 69.2 Å².